The molecule has 0 aromatic heterocycles. The zero-order valence-corrected chi connectivity index (χ0v) is 47.5. The number of benzene rings is 2. The van der Waals surface area contributed by atoms with Gasteiger partial charge in [-0.15, -0.1) is 0 Å². The fourth-order valence-electron chi connectivity index (χ4n) is 9.44. The number of carbonyl (C=O) groups excluding carboxylic acids is 2. The number of ether oxygens (including phenoxy) is 3. The second-order valence-corrected chi connectivity index (χ2v) is 25.6. The zero-order chi connectivity index (χ0) is 58.1. The van der Waals surface area contributed by atoms with Crippen molar-refractivity contribution in [2.45, 2.75) is 124 Å². The van der Waals surface area contributed by atoms with Gasteiger partial charge in [0, 0.05) is 73.9 Å². The van der Waals surface area contributed by atoms with Crippen LogP contribution >= 0.6 is 0 Å². The number of rotatable bonds is 28. The van der Waals surface area contributed by atoms with E-state index < -0.39 is 81.1 Å². The van der Waals surface area contributed by atoms with Crippen molar-refractivity contribution < 1.29 is 95.6 Å². The molecule has 9 N–H and O–H groups in total. The van der Waals surface area contributed by atoms with E-state index in [1.807, 2.05) is 31.7 Å². The summed E-state index contributed by atoms with van der Waals surface area (Å²) in [6.45, 7) is 7.19. The number of alkyl carbamates (subject to hydrolysis) is 1. The number of hydrogen-bond acceptors (Lipinski definition) is 17. The number of fused-ring (bicyclic) bond motifs is 2. The molecular weight excluding hydrogens is 1100 g/mol. The summed E-state index contributed by atoms with van der Waals surface area (Å²) in [6.07, 6.45) is 10.3. The van der Waals surface area contributed by atoms with E-state index in [1.165, 1.54) is 37.4 Å². The Hall–Kier alpha value is -4.69. The van der Waals surface area contributed by atoms with Crippen molar-refractivity contribution in [1.82, 2.24) is 10.6 Å². The third-order valence-corrected chi connectivity index (χ3v) is 16.8. The van der Waals surface area contributed by atoms with Gasteiger partial charge in [0.2, 0.25) is 11.6 Å². The molecule has 3 heterocycles. The molecule has 3 aliphatic heterocycles. The number of unbranched alkanes of at least 4 members (excludes halogenated alkanes) is 4. The Bertz CT molecular complexity index is 2980. The van der Waals surface area contributed by atoms with Crippen molar-refractivity contribution in [2.75, 3.05) is 76.1 Å². The molecule has 0 spiro atoms. The lowest BCUT2D eigenvalue weighted by Crippen LogP contribution is -2.46. The van der Waals surface area contributed by atoms with Gasteiger partial charge in [-0.3, -0.25) is 23.0 Å². The molecule has 438 valence electrons. The minimum absolute atomic E-state index is 0.0961. The molecule has 1 fully saturated rings. The van der Waals surface area contributed by atoms with Crippen molar-refractivity contribution >= 4 is 69.6 Å². The molecular formula is C50H75N4O20S4+. The average molecular weight is 1180 g/mol. The third-order valence-electron chi connectivity index (χ3n) is 13.4. The van der Waals surface area contributed by atoms with Crippen LogP contribution in [-0.2, 0) is 70.3 Å². The van der Waals surface area contributed by atoms with Gasteiger partial charge < -0.3 is 45.1 Å². The van der Waals surface area contributed by atoms with Gasteiger partial charge in [-0.05, 0) is 101 Å². The number of carbonyl (C=O) groups is 2. The molecule has 0 saturated carbocycles. The van der Waals surface area contributed by atoms with Crippen LogP contribution in [0.2, 0.25) is 0 Å². The topological polar surface area (TPSA) is 370 Å². The minimum atomic E-state index is -4.63. The van der Waals surface area contributed by atoms with Crippen molar-refractivity contribution in [2.24, 2.45) is 0 Å². The fraction of sp³-hybridized carbons (Fsp3) is 0.580. The molecule has 2 amide bonds. The van der Waals surface area contributed by atoms with Crippen molar-refractivity contribution in [1.29, 1.82) is 0 Å². The van der Waals surface area contributed by atoms with Crippen LogP contribution in [0.4, 0.5) is 16.2 Å². The number of aliphatic hydroxyl groups excluding tert-OH is 3. The van der Waals surface area contributed by atoms with E-state index in [0.29, 0.717) is 80.7 Å². The molecule has 0 bridgehead atoms. The predicted molar refractivity (Wildman–Crippen MR) is 288 cm³/mol. The largest absolute Gasteiger partial charge is 0.441 e. The van der Waals surface area contributed by atoms with Gasteiger partial charge in [0.25, 0.3) is 40.5 Å². The maximum atomic E-state index is 12.3. The van der Waals surface area contributed by atoms with E-state index in [1.54, 1.807) is 30.4 Å². The van der Waals surface area contributed by atoms with Gasteiger partial charge in [-0.1, -0.05) is 24.6 Å². The maximum Gasteiger partial charge on any atom is 0.407 e. The van der Waals surface area contributed by atoms with Gasteiger partial charge in [0.15, 0.2) is 11.8 Å². The first-order chi connectivity index (χ1) is 36.5. The second kappa shape index (κ2) is 29.2. The smallest absolute Gasteiger partial charge is 0.407 e. The van der Waals surface area contributed by atoms with E-state index in [-0.39, 0.29) is 80.5 Å². The van der Waals surface area contributed by atoms with E-state index >= 15 is 0 Å². The van der Waals surface area contributed by atoms with Crippen LogP contribution in [0.25, 0.3) is 0 Å². The number of nitrogens with one attached hydrogen (secondary N) is 2. The first-order valence-electron chi connectivity index (χ1n) is 25.3. The lowest BCUT2D eigenvalue weighted by atomic mass is 9.77. The summed E-state index contributed by atoms with van der Waals surface area (Å²) in [6, 6.07) is 8.60. The van der Waals surface area contributed by atoms with Gasteiger partial charge in [0.05, 0.1) is 72.0 Å². The summed E-state index contributed by atoms with van der Waals surface area (Å²) in [5, 5.41) is 32.2. The Labute approximate surface area is 457 Å². The van der Waals surface area contributed by atoms with E-state index in [4.69, 9.17) is 24.4 Å². The predicted octanol–water partition coefficient (Wildman–Crippen LogP) is 3.60. The number of nitrogens with zero attached hydrogens (tertiary/aromatic N) is 2. The Kier molecular flexibility index (Phi) is 24.6. The lowest BCUT2D eigenvalue weighted by Gasteiger charge is -2.31. The molecule has 3 aliphatic rings. The van der Waals surface area contributed by atoms with Crippen molar-refractivity contribution in [3.8, 4) is 0 Å². The highest BCUT2D eigenvalue weighted by Gasteiger charge is 2.46. The summed E-state index contributed by atoms with van der Waals surface area (Å²) in [4.78, 5) is 24.4. The van der Waals surface area contributed by atoms with Crippen molar-refractivity contribution in [3.63, 3.8) is 0 Å². The summed E-state index contributed by atoms with van der Waals surface area (Å²) >= 11 is 0. The summed E-state index contributed by atoms with van der Waals surface area (Å²) in [5.41, 5.74) is 2.32. The van der Waals surface area contributed by atoms with Crippen LogP contribution in [-0.4, -0.2) is 179 Å². The maximum absolute atomic E-state index is 12.3. The van der Waals surface area contributed by atoms with E-state index in [9.17, 15) is 66.6 Å². The molecule has 28 heteroatoms. The highest BCUT2D eigenvalue weighted by molar-refractivity contribution is 7.86. The number of amides is 2. The molecule has 78 heavy (non-hydrogen) atoms. The van der Waals surface area contributed by atoms with E-state index in [2.05, 4.69) is 15.2 Å². The normalized spacial score (nSPS) is 20.9. The molecule has 0 aliphatic carbocycles. The second-order valence-electron chi connectivity index (χ2n) is 19.6. The molecule has 4 unspecified atom stereocenters. The molecule has 2 aromatic carbocycles. The third kappa shape index (κ3) is 19.5. The van der Waals surface area contributed by atoms with Crippen molar-refractivity contribution in [3.05, 3.63) is 83.6 Å². The van der Waals surface area contributed by atoms with Crippen LogP contribution in [0.15, 0.2) is 82.3 Å². The Morgan fingerprint density at radius 3 is 2.05 bits per heavy atom. The lowest BCUT2D eigenvalue weighted by molar-refractivity contribution is -0.438. The number of aliphatic hydroxyl groups is 3. The first-order valence-corrected chi connectivity index (χ1v) is 31.4. The highest BCUT2D eigenvalue weighted by atomic mass is 32.2. The van der Waals surface area contributed by atoms with Crippen LogP contribution in [0.3, 0.4) is 0 Å². The monoisotopic (exact) mass is 1180 g/mol. The van der Waals surface area contributed by atoms with Crippen LogP contribution in [0.1, 0.15) is 96.1 Å². The van der Waals surface area contributed by atoms with E-state index in [0.717, 1.165) is 11.4 Å². The van der Waals surface area contributed by atoms with Gasteiger partial charge in [-0.25, -0.2) is 4.79 Å². The SMILES string of the molecule is CC1(C)C(/C=C/C=C/C=C2\N(CCCCS(=O)(=O)O)c3ccc(S(=O)(=O)O)cc3C2(C)CCCCS(=O)(=O)O)=[N+](CCCCCC(=O)NCCOCCO)c2ccc(S(=O)(=O)O)cc21.CNC(=O)OC1COC(CO)CC1O. The standard InChI is InChI=1S/C42H59N3O15S4.C8H15NO5/c1-41(2)34-30-32(63(54,55)56)17-19-36(34)44(23-10-5-8-16-40(47)43-22-26-60-27-25-46)38(41)14-6-4-7-15-39-42(3,21-9-12-28-61(48,49)50)35-31-33(64(57,58)59)18-20-37(35)45(39)24-11-13-29-62(51,52)53;1-9-8(12)14-7-4-13-5(3-10)2-6(7)11/h4,6-7,14-15,17-20,30-31,46H,5,8-13,16,21-29H2,1-3H3,(H4-,43,47,48,49,50,51,52,53,54,55,56,57,58,59);5-7,10-11H,2-4H2,1H3,(H,9,12)/p+1. The number of allylic oxidation sites excluding steroid dienone is 6. The summed E-state index contributed by atoms with van der Waals surface area (Å²) in [5.74, 6) is -1.07. The Balaban J connectivity index is 0.000000811. The molecule has 4 atom stereocenters. The molecule has 0 radical (unpaired) electrons. The Morgan fingerprint density at radius 2 is 1.45 bits per heavy atom. The summed E-state index contributed by atoms with van der Waals surface area (Å²) in [7, 11) is -16.2. The molecule has 1 saturated heterocycles. The quantitative estimate of drug-likeness (QED) is 0.0254. The highest BCUT2D eigenvalue weighted by Crippen LogP contribution is 2.51. The van der Waals surface area contributed by atoms with Crippen LogP contribution < -0.4 is 15.5 Å². The van der Waals surface area contributed by atoms with Gasteiger partial charge in [-0.2, -0.15) is 38.2 Å². The van der Waals surface area contributed by atoms with Crippen LogP contribution in [0, 0.1) is 0 Å². The number of hydrogen-bond donors (Lipinski definition) is 9. The van der Waals surface area contributed by atoms with Gasteiger partial charge >= 0.3 is 6.09 Å². The minimum Gasteiger partial charge on any atom is -0.441 e. The van der Waals surface area contributed by atoms with Gasteiger partial charge in [0.1, 0.15) is 6.54 Å². The van der Waals surface area contributed by atoms with Crippen LogP contribution in [0.5, 0.6) is 0 Å². The Morgan fingerprint density at radius 1 is 0.808 bits per heavy atom. The number of anilines is 1. The fourth-order valence-corrected chi connectivity index (χ4v) is 11.6. The summed E-state index contributed by atoms with van der Waals surface area (Å²) < 4.78 is 151. The molecule has 5 rings (SSSR count). The average Bonchev–Trinajstić information content (AvgIpc) is 3.71. The molecule has 2 aromatic rings. The molecule has 24 nitrogen and oxygen atoms in total. The first kappa shape index (κ1) is 65.8. The zero-order valence-electron chi connectivity index (χ0n) is 44.2.